The van der Waals surface area contributed by atoms with Crippen molar-refractivity contribution in [3.05, 3.63) is 235 Å². The molecule has 2 aliphatic heterocycles. The molecule has 0 radical (unpaired) electrons. The van der Waals surface area contributed by atoms with E-state index in [0.717, 1.165) is 0 Å². The van der Waals surface area contributed by atoms with E-state index in [1.54, 1.807) is 0 Å². The molecule has 0 amide bonds. The van der Waals surface area contributed by atoms with Crippen molar-refractivity contribution in [2.45, 2.75) is 38.5 Å². The molecule has 15 rings (SSSR count). The molecule has 11 aromatic rings. The van der Waals surface area contributed by atoms with Gasteiger partial charge in [-0.25, -0.2) is 0 Å². The third-order valence-corrected chi connectivity index (χ3v) is 16.5. The van der Waals surface area contributed by atoms with E-state index in [2.05, 4.69) is 249 Å². The Hall–Kier alpha value is -8.14. The second-order valence-electron chi connectivity index (χ2n) is 20.8. The zero-order valence-electron chi connectivity index (χ0n) is 39.2. The lowest BCUT2D eigenvalue weighted by molar-refractivity contribution is 0.657. The SMILES string of the molecule is CC1(C)c2ccccc2-c2ccc3c(c21)N(c1ccc(-c2ccccc2)cc1)B1c2c-3cc3c(c2-n2c4ccc(-c5ccccc5)cc4c4cc(-c5ccccc5)cc1c42)C(C)(C)c1ccccc1-3. The molecule has 3 heteroatoms. The molecule has 10 aromatic carbocycles. The predicted molar refractivity (Wildman–Crippen MR) is 291 cm³/mol. The van der Waals surface area contributed by atoms with Gasteiger partial charge in [0.2, 0.25) is 0 Å². The second-order valence-corrected chi connectivity index (χ2v) is 20.8. The number of rotatable bonds is 4. The standard InChI is InChI=1S/C66H47BN2/c1-65(2)55-26-16-14-24-47(55)49-33-34-50-53-39-52-48-25-15-17-27-56(48)66(3,4)60(52)64-61(53)67(69(63(50)59(49)65)46-31-28-43(29-32-46)40-18-8-5-9-19-40)57-38-45(42-22-12-7-13-23-42)37-54-51-36-44(41-20-10-6-11-21-41)30-35-58(51)68(64)62(54)57/h5-39H,1-4H3. The maximum atomic E-state index is 2.78. The highest BCUT2D eigenvalue weighted by Crippen LogP contribution is 2.60. The molecule has 69 heavy (non-hydrogen) atoms. The first kappa shape index (κ1) is 38.9. The number of hydrogen-bond donors (Lipinski definition) is 0. The van der Waals surface area contributed by atoms with E-state index in [1.165, 1.54) is 139 Å². The van der Waals surface area contributed by atoms with E-state index in [4.69, 9.17) is 0 Å². The number of fused-ring (bicyclic) bond motifs is 15. The summed E-state index contributed by atoms with van der Waals surface area (Å²) in [5, 5.41) is 2.56. The van der Waals surface area contributed by atoms with Gasteiger partial charge < -0.3 is 9.38 Å². The van der Waals surface area contributed by atoms with E-state index in [0.29, 0.717) is 0 Å². The van der Waals surface area contributed by atoms with Crippen LogP contribution < -0.4 is 15.7 Å². The molecule has 4 aliphatic rings. The van der Waals surface area contributed by atoms with Gasteiger partial charge in [-0.05, 0) is 131 Å². The highest BCUT2D eigenvalue weighted by molar-refractivity contribution is 6.94. The quantitative estimate of drug-likeness (QED) is 0.160. The summed E-state index contributed by atoms with van der Waals surface area (Å²) in [7, 11) is 0. The molecule has 3 heterocycles. The average Bonchev–Trinajstić information content (AvgIpc) is 3.95. The molecule has 1 aromatic heterocycles. The zero-order valence-corrected chi connectivity index (χ0v) is 39.2. The fraction of sp³-hybridized carbons (Fsp3) is 0.0909. The molecule has 2 nitrogen and oxygen atoms in total. The van der Waals surface area contributed by atoms with Gasteiger partial charge in [0.05, 0.1) is 11.0 Å². The highest BCUT2D eigenvalue weighted by Gasteiger charge is 2.51. The maximum Gasteiger partial charge on any atom is 0.333 e. The van der Waals surface area contributed by atoms with E-state index >= 15 is 0 Å². The zero-order chi connectivity index (χ0) is 45.9. The van der Waals surface area contributed by atoms with Gasteiger partial charge in [-0.15, -0.1) is 0 Å². The first-order chi connectivity index (χ1) is 33.8. The topological polar surface area (TPSA) is 8.17 Å². The summed E-state index contributed by atoms with van der Waals surface area (Å²) in [6.45, 7) is 9.67. The minimum absolute atomic E-state index is 0.155. The maximum absolute atomic E-state index is 2.78. The first-order valence-corrected chi connectivity index (χ1v) is 24.5. The van der Waals surface area contributed by atoms with Crippen molar-refractivity contribution < 1.29 is 0 Å². The van der Waals surface area contributed by atoms with E-state index in [1.807, 2.05) is 0 Å². The summed E-state index contributed by atoms with van der Waals surface area (Å²) in [5.74, 6) is 0. The Balaban J connectivity index is 1.14. The molecule has 0 saturated carbocycles. The van der Waals surface area contributed by atoms with E-state index in [9.17, 15) is 0 Å². The van der Waals surface area contributed by atoms with Crippen LogP contribution in [0.1, 0.15) is 49.9 Å². The van der Waals surface area contributed by atoms with Crippen LogP contribution in [0.3, 0.4) is 0 Å². The Labute approximate surface area is 403 Å². The molecule has 0 bridgehead atoms. The fourth-order valence-electron chi connectivity index (χ4n) is 13.5. The Morgan fingerprint density at radius 2 is 0.870 bits per heavy atom. The average molecular weight is 879 g/mol. The van der Waals surface area contributed by atoms with E-state index < -0.39 is 0 Å². The highest BCUT2D eigenvalue weighted by atomic mass is 15.1. The van der Waals surface area contributed by atoms with Crippen LogP contribution in [-0.4, -0.2) is 11.4 Å². The van der Waals surface area contributed by atoms with Gasteiger partial charge in [-0.1, -0.05) is 204 Å². The molecule has 2 aliphatic carbocycles. The van der Waals surface area contributed by atoms with Crippen LogP contribution in [0, 0.1) is 0 Å². The van der Waals surface area contributed by atoms with Crippen LogP contribution in [0.4, 0.5) is 11.4 Å². The van der Waals surface area contributed by atoms with Crippen LogP contribution in [0.25, 0.3) is 94.3 Å². The van der Waals surface area contributed by atoms with Gasteiger partial charge in [-0.2, -0.15) is 0 Å². The van der Waals surface area contributed by atoms with Crippen molar-refractivity contribution in [3.63, 3.8) is 0 Å². The molecule has 324 valence electrons. The largest absolute Gasteiger partial charge is 0.376 e. The van der Waals surface area contributed by atoms with Gasteiger partial charge in [0.25, 0.3) is 0 Å². The van der Waals surface area contributed by atoms with Gasteiger partial charge in [0.15, 0.2) is 0 Å². The van der Waals surface area contributed by atoms with Crippen LogP contribution in [0.2, 0.25) is 0 Å². The monoisotopic (exact) mass is 878 g/mol. The van der Waals surface area contributed by atoms with Crippen molar-refractivity contribution in [2.75, 3.05) is 4.81 Å². The fourth-order valence-corrected chi connectivity index (χ4v) is 13.5. The van der Waals surface area contributed by atoms with Gasteiger partial charge in [0.1, 0.15) is 0 Å². The summed E-state index contributed by atoms with van der Waals surface area (Å²) in [5.41, 5.74) is 29.5. The van der Waals surface area contributed by atoms with Gasteiger partial charge >= 0.3 is 6.85 Å². The van der Waals surface area contributed by atoms with Crippen molar-refractivity contribution in [1.29, 1.82) is 0 Å². The predicted octanol–water partition coefficient (Wildman–Crippen LogP) is 15.6. The van der Waals surface area contributed by atoms with Crippen molar-refractivity contribution in [2.24, 2.45) is 0 Å². The molecule has 0 spiro atoms. The van der Waals surface area contributed by atoms with Crippen LogP contribution >= 0.6 is 0 Å². The number of anilines is 2. The van der Waals surface area contributed by atoms with Gasteiger partial charge in [-0.3, -0.25) is 0 Å². The normalized spacial score (nSPS) is 14.8. The molecule has 0 unspecified atom stereocenters. The molecule has 0 saturated heterocycles. The molecule has 0 fully saturated rings. The second kappa shape index (κ2) is 13.7. The Morgan fingerprint density at radius 1 is 0.362 bits per heavy atom. The van der Waals surface area contributed by atoms with Crippen LogP contribution in [-0.2, 0) is 10.8 Å². The summed E-state index contributed by atoms with van der Waals surface area (Å²) in [6, 6.07) is 80.3. The molecule has 0 atom stereocenters. The minimum Gasteiger partial charge on any atom is -0.376 e. The lowest BCUT2D eigenvalue weighted by atomic mass is 9.43. The summed E-state index contributed by atoms with van der Waals surface area (Å²) < 4.78 is 2.71. The molecule has 0 N–H and O–H groups in total. The van der Waals surface area contributed by atoms with Crippen molar-refractivity contribution in [1.82, 2.24) is 4.57 Å². The van der Waals surface area contributed by atoms with E-state index in [-0.39, 0.29) is 17.7 Å². The molecular weight excluding hydrogens is 832 g/mol. The summed E-state index contributed by atoms with van der Waals surface area (Å²) in [6.07, 6.45) is 0. The third kappa shape index (κ3) is 5.12. The Bertz CT molecular complexity index is 3990. The smallest absolute Gasteiger partial charge is 0.333 e. The number of aromatic nitrogens is 1. The first-order valence-electron chi connectivity index (χ1n) is 24.5. The summed E-state index contributed by atoms with van der Waals surface area (Å²) in [4.78, 5) is 2.78. The Kier molecular flexibility index (Phi) is 7.75. The van der Waals surface area contributed by atoms with Crippen molar-refractivity contribution in [3.8, 4) is 72.4 Å². The van der Waals surface area contributed by atoms with Crippen molar-refractivity contribution >= 4 is 51.0 Å². The third-order valence-electron chi connectivity index (χ3n) is 16.5. The summed E-state index contributed by atoms with van der Waals surface area (Å²) >= 11 is 0. The number of nitrogens with zero attached hydrogens (tertiary/aromatic N) is 2. The van der Waals surface area contributed by atoms with Gasteiger partial charge in [0, 0.05) is 44.2 Å². The number of benzene rings is 10. The lowest BCUT2D eigenvalue weighted by Gasteiger charge is -2.45. The minimum atomic E-state index is -0.265. The van der Waals surface area contributed by atoms with Crippen LogP contribution in [0.15, 0.2) is 212 Å². The van der Waals surface area contributed by atoms with Crippen LogP contribution in [0.5, 0.6) is 0 Å². The number of hydrogen-bond acceptors (Lipinski definition) is 1. The lowest BCUT2D eigenvalue weighted by Crippen LogP contribution is -2.61. The Morgan fingerprint density at radius 3 is 1.52 bits per heavy atom. The molecular formula is C66H47BN2.